The maximum absolute atomic E-state index is 6.13. The summed E-state index contributed by atoms with van der Waals surface area (Å²) in [7, 11) is 0. The van der Waals surface area contributed by atoms with Crippen LogP contribution in [0.15, 0.2) is 34.3 Å². The Kier molecular flexibility index (Phi) is 2.26. The molecule has 1 fully saturated rings. The highest BCUT2D eigenvalue weighted by molar-refractivity contribution is 6.09. The van der Waals surface area contributed by atoms with Gasteiger partial charge < -0.3 is 4.74 Å². The van der Waals surface area contributed by atoms with Crippen LogP contribution in [0.5, 0.6) is 0 Å². The molecule has 0 saturated carbocycles. The van der Waals surface area contributed by atoms with Crippen molar-refractivity contribution in [1.29, 1.82) is 0 Å². The van der Waals surface area contributed by atoms with Crippen molar-refractivity contribution in [3.05, 3.63) is 24.3 Å². The second-order valence-electron chi connectivity index (χ2n) is 5.96. The van der Waals surface area contributed by atoms with Gasteiger partial charge in [-0.25, -0.2) is 0 Å². The van der Waals surface area contributed by atoms with Crippen molar-refractivity contribution in [2.75, 3.05) is 0 Å². The molecule has 0 N–H and O–H groups in total. The Morgan fingerprint density at radius 1 is 1.06 bits per heavy atom. The van der Waals surface area contributed by atoms with Gasteiger partial charge in [-0.15, -0.1) is 0 Å². The summed E-state index contributed by atoms with van der Waals surface area (Å²) in [5, 5.41) is 0. The quantitative estimate of drug-likeness (QED) is 0.683. The van der Waals surface area contributed by atoms with Crippen LogP contribution in [0, 0.1) is 5.92 Å². The number of ether oxygens (including phenoxy) is 1. The minimum absolute atomic E-state index is 0.139. The number of hydrogen-bond acceptors (Lipinski definition) is 3. The van der Waals surface area contributed by atoms with E-state index in [9.17, 15) is 0 Å². The van der Waals surface area contributed by atoms with Crippen LogP contribution in [0.4, 0.5) is 11.4 Å². The number of rotatable bonds is 0. The van der Waals surface area contributed by atoms with Gasteiger partial charge in [-0.05, 0) is 39.8 Å². The maximum Gasteiger partial charge on any atom is 0.102 e. The van der Waals surface area contributed by atoms with Gasteiger partial charge in [0, 0.05) is 6.21 Å². The van der Waals surface area contributed by atoms with Crippen LogP contribution < -0.4 is 0 Å². The summed E-state index contributed by atoms with van der Waals surface area (Å²) in [6.45, 7) is 8.36. The lowest BCUT2D eigenvalue weighted by atomic mass is 9.86. The number of aliphatic imine (C=N–C) groups is 2. The van der Waals surface area contributed by atoms with Gasteiger partial charge in [0.25, 0.3) is 0 Å². The van der Waals surface area contributed by atoms with Gasteiger partial charge >= 0.3 is 0 Å². The fourth-order valence-electron chi connectivity index (χ4n) is 2.88. The van der Waals surface area contributed by atoms with E-state index in [1.165, 1.54) is 0 Å². The summed E-state index contributed by atoms with van der Waals surface area (Å²) in [4.78, 5) is 9.39. The van der Waals surface area contributed by atoms with Crippen molar-refractivity contribution < 1.29 is 4.74 Å². The molecule has 0 aromatic heterocycles. The molecule has 3 nitrogen and oxygen atoms in total. The van der Waals surface area contributed by atoms with E-state index in [0.717, 1.165) is 17.1 Å². The highest BCUT2D eigenvalue weighted by atomic mass is 16.5. The largest absolute Gasteiger partial charge is 0.363 e. The van der Waals surface area contributed by atoms with E-state index in [1.54, 1.807) is 0 Å². The molecule has 2 aliphatic rings. The number of nitrogens with zero attached hydrogens (tertiary/aromatic N) is 2. The molecule has 1 unspecified atom stereocenters. The zero-order valence-electron chi connectivity index (χ0n) is 11.3. The average molecular weight is 242 g/mol. The van der Waals surface area contributed by atoms with E-state index in [0.29, 0.717) is 0 Å². The molecule has 2 aliphatic heterocycles. The van der Waals surface area contributed by atoms with Crippen LogP contribution >= 0.6 is 0 Å². The standard InChI is InChI=1S/C15H18N2O/c1-14(2)10-9-16-11-7-5-6-8-12(11)17-13(10)15(3,4)18-14/h5-10H,1-4H3. The molecule has 3 heteroatoms. The Labute approximate surface area is 108 Å². The third-order valence-electron chi connectivity index (χ3n) is 3.66. The smallest absolute Gasteiger partial charge is 0.102 e. The summed E-state index contributed by atoms with van der Waals surface area (Å²) in [6.07, 6.45) is 1.99. The molecule has 3 rings (SSSR count). The number of benzene rings is 1. The Morgan fingerprint density at radius 2 is 1.72 bits per heavy atom. The summed E-state index contributed by atoms with van der Waals surface area (Å²) in [5.41, 5.74) is 2.35. The van der Waals surface area contributed by atoms with Crippen LogP contribution in [-0.4, -0.2) is 23.1 Å². The summed E-state index contributed by atoms with van der Waals surface area (Å²) in [5.74, 6) is 0.139. The molecule has 2 heterocycles. The molecule has 1 atom stereocenters. The lowest BCUT2D eigenvalue weighted by Gasteiger charge is -2.24. The predicted molar refractivity (Wildman–Crippen MR) is 74.4 cm³/mol. The van der Waals surface area contributed by atoms with E-state index < -0.39 is 0 Å². The molecule has 0 amide bonds. The normalized spacial score (nSPS) is 27.1. The predicted octanol–water partition coefficient (Wildman–Crippen LogP) is 3.68. The second kappa shape index (κ2) is 3.51. The van der Waals surface area contributed by atoms with E-state index in [2.05, 4.69) is 32.7 Å². The van der Waals surface area contributed by atoms with Gasteiger partial charge in [0.2, 0.25) is 0 Å². The van der Waals surface area contributed by atoms with Crippen LogP contribution in [0.1, 0.15) is 27.7 Å². The van der Waals surface area contributed by atoms with Crippen molar-refractivity contribution in [3.8, 4) is 0 Å². The van der Waals surface area contributed by atoms with Gasteiger partial charge in [0.15, 0.2) is 0 Å². The van der Waals surface area contributed by atoms with E-state index >= 15 is 0 Å². The van der Waals surface area contributed by atoms with Gasteiger partial charge in [-0.1, -0.05) is 12.1 Å². The van der Waals surface area contributed by atoms with Gasteiger partial charge in [-0.2, -0.15) is 0 Å². The fourth-order valence-corrected chi connectivity index (χ4v) is 2.88. The monoisotopic (exact) mass is 242 g/mol. The molecule has 0 aliphatic carbocycles. The molecule has 1 saturated heterocycles. The first kappa shape index (κ1) is 11.6. The number of fused-ring (bicyclic) bond motifs is 2. The first-order valence-corrected chi connectivity index (χ1v) is 6.33. The van der Waals surface area contributed by atoms with Crippen molar-refractivity contribution >= 4 is 23.3 Å². The maximum atomic E-state index is 6.13. The van der Waals surface area contributed by atoms with Gasteiger partial charge in [-0.3, -0.25) is 9.98 Å². The first-order valence-electron chi connectivity index (χ1n) is 6.33. The molecule has 0 radical (unpaired) electrons. The Bertz CT molecular complexity index is 555. The molecule has 1 aromatic carbocycles. The Morgan fingerprint density at radius 3 is 2.44 bits per heavy atom. The third-order valence-corrected chi connectivity index (χ3v) is 3.66. The molecule has 18 heavy (non-hydrogen) atoms. The first-order chi connectivity index (χ1) is 8.40. The fraction of sp³-hybridized carbons (Fsp3) is 0.467. The zero-order chi connectivity index (χ0) is 13.0. The van der Waals surface area contributed by atoms with Crippen molar-refractivity contribution in [3.63, 3.8) is 0 Å². The van der Waals surface area contributed by atoms with E-state index in [4.69, 9.17) is 9.73 Å². The summed E-state index contributed by atoms with van der Waals surface area (Å²) >= 11 is 0. The molecular weight excluding hydrogens is 224 g/mol. The van der Waals surface area contributed by atoms with E-state index in [-0.39, 0.29) is 17.1 Å². The summed E-state index contributed by atoms with van der Waals surface area (Å²) in [6, 6.07) is 7.98. The minimum Gasteiger partial charge on any atom is -0.363 e. The number of para-hydroxylation sites is 2. The molecule has 0 spiro atoms. The lowest BCUT2D eigenvalue weighted by Crippen LogP contribution is -2.31. The van der Waals surface area contributed by atoms with Crippen molar-refractivity contribution in [2.24, 2.45) is 15.9 Å². The Balaban J connectivity index is 2.20. The summed E-state index contributed by atoms with van der Waals surface area (Å²) < 4.78 is 6.13. The highest BCUT2D eigenvalue weighted by Gasteiger charge is 2.51. The van der Waals surface area contributed by atoms with E-state index in [1.807, 2.05) is 30.5 Å². The van der Waals surface area contributed by atoms with Crippen LogP contribution in [0.25, 0.3) is 0 Å². The lowest BCUT2D eigenvalue weighted by molar-refractivity contribution is -0.0589. The van der Waals surface area contributed by atoms with Crippen LogP contribution in [-0.2, 0) is 4.74 Å². The topological polar surface area (TPSA) is 34.0 Å². The molecule has 0 bridgehead atoms. The van der Waals surface area contributed by atoms with Crippen molar-refractivity contribution in [1.82, 2.24) is 0 Å². The highest BCUT2D eigenvalue weighted by Crippen LogP contribution is 2.43. The van der Waals surface area contributed by atoms with Gasteiger partial charge in [0.05, 0.1) is 28.6 Å². The second-order valence-corrected chi connectivity index (χ2v) is 5.96. The number of hydrogen-bond donors (Lipinski definition) is 0. The minimum atomic E-state index is -0.336. The van der Waals surface area contributed by atoms with Crippen LogP contribution in [0.2, 0.25) is 0 Å². The molecule has 94 valence electrons. The molecule has 1 aromatic rings. The van der Waals surface area contributed by atoms with Crippen LogP contribution in [0.3, 0.4) is 0 Å². The average Bonchev–Trinajstić information content (AvgIpc) is 2.43. The molecular formula is C15H18N2O. The third kappa shape index (κ3) is 1.62. The Hall–Kier alpha value is -1.48. The van der Waals surface area contributed by atoms with Crippen molar-refractivity contribution in [2.45, 2.75) is 38.9 Å². The SMILES string of the molecule is CC1(C)OC(C)(C)C2C=Nc3ccccc3N=C21. The van der Waals surface area contributed by atoms with Gasteiger partial charge in [0.1, 0.15) is 5.60 Å². The zero-order valence-corrected chi connectivity index (χ0v) is 11.3.